The molecule has 7 atom stereocenters. The summed E-state index contributed by atoms with van der Waals surface area (Å²) in [5, 5.41) is 14.5. The van der Waals surface area contributed by atoms with E-state index in [1.54, 1.807) is 0 Å². The second kappa shape index (κ2) is 9.62. The maximum absolute atomic E-state index is 13.2. The molecule has 1 aromatic carbocycles. The van der Waals surface area contributed by atoms with Crippen molar-refractivity contribution in [2.45, 2.75) is 101 Å². The minimum absolute atomic E-state index is 0.0484. The summed E-state index contributed by atoms with van der Waals surface area (Å²) in [6, 6.07) is 8.82. The van der Waals surface area contributed by atoms with Crippen LogP contribution in [0.2, 0.25) is 0 Å². The van der Waals surface area contributed by atoms with Gasteiger partial charge in [0.25, 0.3) is 0 Å². The van der Waals surface area contributed by atoms with Crippen LogP contribution >= 0.6 is 0 Å². The quantitative estimate of drug-likeness (QED) is 0.431. The third kappa shape index (κ3) is 3.74. The minimum Gasteiger partial charge on any atom is -0.384 e. The van der Waals surface area contributed by atoms with Crippen LogP contribution in [-0.2, 0) is 11.2 Å². The summed E-state index contributed by atoms with van der Waals surface area (Å²) in [5.74, 6) is 0.375. The lowest BCUT2D eigenvalue weighted by atomic mass is 9.54. The van der Waals surface area contributed by atoms with Crippen molar-refractivity contribution in [1.82, 2.24) is 14.8 Å². The van der Waals surface area contributed by atoms with Crippen LogP contribution in [0.4, 0.5) is 0 Å². The zero-order valence-corrected chi connectivity index (χ0v) is 25.0. The molecule has 2 aromatic rings. The fourth-order valence-corrected chi connectivity index (χ4v) is 10.8. The monoisotopic (exact) mass is 566 g/mol. The van der Waals surface area contributed by atoms with E-state index >= 15 is 0 Å². The molecule has 4 fully saturated rings. The summed E-state index contributed by atoms with van der Waals surface area (Å²) >= 11 is 0. The zero-order chi connectivity index (χ0) is 27.9. The molecule has 2 N–H and O–H groups in total. The van der Waals surface area contributed by atoms with E-state index in [4.69, 9.17) is 9.73 Å². The Morgan fingerprint density at radius 3 is 2.88 bits per heavy atom. The first kappa shape index (κ1) is 26.2. The molecule has 2 spiro atoms. The predicted molar refractivity (Wildman–Crippen MR) is 167 cm³/mol. The Bertz CT molecular complexity index is 1490. The topological polar surface area (TPSA) is 64.1 Å². The first-order chi connectivity index (χ1) is 20.6. The Labute approximate surface area is 249 Å². The number of benzene rings is 1. The average molecular weight is 567 g/mol. The summed E-state index contributed by atoms with van der Waals surface area (Å²) in [6.45, 7) is 5.22. The van der Waals surface area contributed by atoms with Crippen molar-refractivity contribution in [2.75, 3.05) is 32.7 Å². The van der Waals surface area contributed by atoms with Gasteiger partial charge in [-0.25, -0.2) is 0 Å². The lowest BCUT2D eigenvalue weighted by molar-refractivity contribution is -0.146. The van der Waals surface area contributed by atoms with Crippen LogP contribution in [0, 0.1) is 11.3 Å². The van der Waals surface area contributed by atoms with Gasteiger partial charge < -0.3 is 19.7 Å². The number of piperidine rings is 1. The smallest absolute Gasteiger partial charge is 0.123 e. The number of rotatable bonds is 1. The molecule has 222 valence electrons. The standard InChI is InChI=1S/C36H46N4O2/c41-35-16-7-3-1-2-4-8-19-39-21-15-29(34(24-39)23-36-17-13-25(42-36)10-9-20-40(36)33(34)35)28(22-35)31-32-27(14-18-37-31)26-11-5-6-12-30(26)38-32/h1,3,5-6,11-12,22,25,29,33,38,41H,2,4,7-10,13-21,23-24H2. The summed E-state index contributed by atoms with van der Waals surface area (Å²) in [5.41, 5.74) is 5.07. The molecule has 9 rings (SSSR count). The molecular formula is C36H46N4O2. The van der Waals surface area contributed by atoms with Gasteiger partial charge in [-0.3, -0.25) is 9.89 Å². The highest BCUT2D eigenvalue weighted by Gasteiger charge is 2.72. The number of hydrogen-bond acceptors (Lipinski definition) is 5. The third-order valence-corrected chi connectivity index (χ3v) is 12.3. The van der Waals surface area contributed by atoms with Crippen molar-refractivity contribution in [3.63, 3.8) is 0 Å². The van der Waals surface area contributed by atoms with E-state index in [9.17, 15) is 5.11 Å². The lowest BCUT2D eigenvalue weighted by Crippen LogP contribution is -2.66. The van der Waals surface area contributed by atoms with E-state index in [0.717, 1.165) is 89.8 Å². The number of hydrogen-bond donors (Lipinski definition) is 2. The summed E-state index contributed by atoms with van der Waals surface area (Å²) in [7, 11) is 0. The Morgan fingerprint density at radius 2 is 1.90 bits per heavy atom. The molecule has 7 heterocycles. The molecule has 0 amide bonds. The highest BCUT2D eigenvalue weighted by atomic mass is 16.5. The number of ether oxygens (including phenoxy) is 1. The summed E-state index contributed by atoms with van der Waals surface area (Å²) < 4.78 is 7.09. The van der Waals surface area contributed by atoms with Gasteiger partial charge in [0.1, 0.15) is 5.72 Å². The fourth-order valence-electron chi connectivity index (χ4n) is 10.8. The van der Waals surface area contributed by atoms with Gasteiger partial charge in [0.05, 0.1) is 29.2 Å². The number of fused-ring (bicyclic) bond motifs is 5. The van der Waals surface area contributed by atoms with Crippen LogP contribution in [0.1, 0.15) is 81.9 Å². The second-order valence-electron chi connectivity index (χ2n) is 14.6. The molecule has 6 aliphatic heterocycles. The highest BCUT2D eigenvalue weighted by Crippen LogP contribution is 2.65. The SMILES string of the molecule is OC12C=C(C3=NCCc4c3[nH]c3ccccc43)C3CCN(CCCCC=CCC1)CC31CC34CCC(CCCN3C21)O4. The summed E-state index contributed by atoms with van der Waals surface area (Å²) in [6.07, 6.45) is 20.5. The molecule has 0 radical (unpaired) electrons. The molecule has 0 saturated carbocycles. The Hall–Kier alpha value is -2.25. The number of aromatic nitrogens is 1. The molecule has 6 heteroatoms. The number of aliphatic imine (C=N–C) groups is 1. The van der Waals surface area contributed by atoms with Crippen molar-refractivity contribution in [3.8, 4) is 0 Å². The van der Waals surface area contributed by atoms with Gasteiger partial charge in [0.15, 0.2) is 0 Å². The van der Waals surface area contributed by atoms with Crippen molar-refractivity contribution in [2.24, 2.45) is 16.3 Å². The molecule has 6 nitrogen and oxygen atoms in total. The van der Waals surface area contributed by atoms with E-state index < -0.39 is 5.60 Å². The molecule has 5 bridgehead atoms. The van der Waals surface area contributed by atoms with Crippen LogP contribution in [0.25, 0.3) is 10.9 Å². The van der Waals surface area contributed by atoms with Gasteiger partial charge >= 0.3 is 0 Å². The first-order valence-corrected chi connectivity index (χ1v) is 17.0. The van der Waals surface area contributed by atoms with Gasteiger partial charge in [-0.05, 0) is 119 Å². The van der Waals surface area contributed by atoms with Crippen LogP contribution in [0.3, 0.4) is 0 Å². The van der Waals surface area contributed by atoms with Crippen molar-refractivity contribution < 1.29 is 9.84 Å². The number of nitrogens with one attached hydrogen (secondary N) is 1. The maximum atomic E-state index is 13.2. The van der Waals surface area contributed by atoms with E-state index in [1.807, 2.05) is 0 Å². The van der Waals surface area contributed by atoms with Crippen molar-refractivity contribution in [3.05, 3.63) is 59.3 Å². The predicted octanol–water partition coefficient (Wildman–Crippen LogP) is 5.76. The number of aromatic amines is 1. The molecule has 1 aliphatic carbocycles. The normalized spacial score (nSPS) is 41.5. The number of nitrogens with zero attached hydrogens (tertiary/aromatic N) is 3. The fraction of sp³-hybridized carbons (Fsp3) is 0.639. The van der Waals surface area contributed by atoms with Crippen molar-refractivity contribution in [1.29, 1.82) is 0 Å². The number of H-pyrrole nitrogens is 1. The van der Waals surface area contributed by atoms with Crippen LogP contribution in [-0.4, -0.2) is 81.8 Å². The van der Waals surface area contributed by atoms with E-state index in [1.165, 1.54) is 53.4 Å². The molecule has 4 saturated heterocycles. The molecule has 42 heavy (non-hydrogen) atoms. The van der Waals surface area contributed by atoms with Crippen molar-refractivity contribution >= 4 is 16.6 Å². The van der Waals surface area contributed by atoms with Crippen LogP contribution in [0.15, 0.2) is 53.1 Å². The summed E-state index contributed by atoms with van der Waals surface area (Å²) in [4.78, 5) is 14.6. The van der Waals surface area contributed by atoms with Crippen LogP contribution < -0.4 is 0 Å². The largest absolute Gasteiger partial charge is 0.384 e. The Balaban J connectivity index is 1.24. The molecule has 1 aromatic heterocycles. The van der Waals surface area contributed by atoms with Gasteiger partial charge in [0.2, 0.25) is 0 Å². The van der Waals surface area contributed by atoms with Gasteiger partial charge in [-0.15, -0.1) is 0 Å². The Morgan fingerprint density at radius 1 is 0.976 bits per heavy atom. The third-order valence-electron chi connectivity index (χ3n) is 12.3. The molecule has 7 aliphatic rings. The minimum atomic E-state index is -0.922. The average Bonchev–Trinajstić information content (AvgIpc) is 3.61. The first-order valence-electron chi connectivity index (χ1n) is 17.0. The maximum Gasteiger partial charge on any atom is 0.123 e. The van der Waals surface area contributed by atoms with E-state index in [2.05, 4.69) is 57.3 Å². The van der Waals surface area contributed by atoms with Gasteiger partial charge in [-0.1, -0.05) is 30.4 Å². The number of aliphatic hydroxyl groups is 1. The molecular weight excluding hydrogens is 520 g/mol. The van der Waals surface area contributed by atoms with E-state index in [-0.39, 0.29) is 17.2 Å². The van der Waals surface area contributed by atoms with Crippen LogP contribution in [0.5, 0.6) is 0 Å². The van der Waals surface area contributed by atoms with Gasteiger partial charge in [0, 0.05) is 36.0 Å². The number of allylic oxidation sites excluding steroid dienone is 3. The second-order valence-corrected chi connectivity index (χ2v) is 14.6. The van der Waals surface area contributed by atoms with Gasteiger partial charge in [-0.2, -0.15) is 0 Å². The highest BCUT2D eigenvalue weighted by molar-refractivity contribution is 6.16. The van der Waals surface area contributed by atoms with E-state index in [0.29, 0.717) is 12.0 Å². The Kier molecular flexibility index (Phi) is 6.00. The molecule has 7 unspecified atom stereocenters. The number of para-hydroxylation sites is 1. The lowest BCUT2D eigenvalue weighted by Gasteiger charge is -2.58. The zero-order valence-electron chi connectivity index (χ0n) is 25.0.